The van der Waals surface area contributed by atoms with Crippen LogP contribution in [0, 0.1) is 23.2 Å². The van der Waals surface area contributed by atoms with Gasteiger partial charge in [-0.2, -0.15) is 5.26 Å². The fraction of sp³-hybridized carbons (Fsp3) is 0.353. The van der Waals surface area contributed by atoms with Crippen LogP contribution in [0.25, 0.3) is 0 Å². The second kappa shape index (κ2) is 4.28. The zero-order valence-corrected chi connectivity index (χ0v) is 12.4. The van der Waals surface area contributed by atoms with Gasteiger partial charge >= 0.3 is 0 Å². The van der Waals surface area contributed by atoms with Crippen LogP contribution in [0.5, 0.6) is 0 Å². The molecule has 23 heavy (non-hydrogen) atoms. The van der Waals surface area contributed by atoms with Crippen molar-refractivity contribution < 1.29 is 19.4 Å². The number of carbonyl (C=O) groups is 2. The number of nitrogens with zero attached hydrogens (tertiary/aromatic N) is 2. The Morgan fingerprint density at radius 2 is 1.87 bits per heavy atom. The molecule has 3 aliphatic rings. The van der Waals surface area contributed by atoms with Crippen molar-refractivity contribution in [3.8, 4) is 6.07 Å². The number of anilines is 1. The van der Waals surface area contributed by atoms with Crippen LogP contribution < -0.4 is 4.90 Å². The Hall–Kier alpha value is -2.49. The van der Waals surface area contributed by atoms with Gasteiger partial charge in [0.2, 0.25) is 11.8 Å². The van der Waals surface area contributed by atoms with Crippen LogP contribution in [0.3, 0.4) is 0 Å². The molecule has 0 spiro atoms. The monoisotopic (exact) mass is 310 g/mol. The van der Waals surface area contributed by atoms with E-state index in [2.05, 4.69) is 0 Å². The summed E-state index contributed by atoms with van der Waals surface area (Å²) in [5, 5.41) is 18.6. The Morgan fingerprint density at radius 3 is 2.48 bits per heavy atom. The SMILES string of the molecule is C[C@@]12C=C[C@@](CO)(O1)[C@H]1C(=O)N(c3ccc(C#N)cc3)C(=O)[C@@H]12. The summed E-state index contributed by atoms with van der Waals surface area (Å²) in [6.07, 6.45) is 3.46. The summed E-state index contributed by atoms with van der Waals surface area (Å²) < 4.78 is 5.85. The van der Waals surface area contributed by atoms with Gasteiger partial charge in [0.25, 0.3) is 0 Å². The predicted molar refractivity (Wildman–Crippen MR) is 79.1 cm³/mol. The van der Waals surface area contributed by atoms with E-state index < -0.39 is 23.0 Å². The third kappa shape index (κ3) is 1.58. The van der Waals surface area contributed by atoms with Crippen LogP contribution in [0.2, 0.25) is 0 Å². The van der Waals surface area contributed by atoms with Gasteiger partial charge in [-0.05, 0) is 31.2 Å². The molecule has 3 heterocycles. The molecule has 0 radical (unpaired) electrons. The smallest absolute Gasteiger partial charge is 0.241 e. The van der Waals surface area contributed by atoms with Crippen molar-refractivity contribution in [2.45, 2.75) is 18.1 Å². The van der Waals surface area contributed by atoms with Crippen molar-refractivity contribution in [2.24, 2.45) is 11.8 Å². The number of nitriles is 1. The maximum Gasteiger partial charge on any atom is 0.241 e. The van der Waals surface area contributed by atoms with Crippen molar-refractivity contribution in [3.05, 3.63) is 42.0 Å². The number of hydrogen-bond donors (Lipinski definition) is 1. The molecule has 1 aromatic carbocycles. The van der Waals surface area contributed by atoms with Crippen LogP contribution in [0.1, 0.15) is 12.5 Å². The average molecular weight is 310 g/mol. The van der Waals surface area contributed by atoms with Crippen LogP contribution in [-0.2, 0) is 14.3 Å². The fourth-order valence-corrected chi connectivity index (χ4v) is 3.98. The zero-order valence-electron chi connectivity index (χ0n) is 12.4. The van der Waals surface area contributed by atoms with Crippen molar-refractivity contribution in [2.75, 3.05) is 11.5 Å². The second-order valence-electron chi connectivity index (χ2n) is 6.36. The molecular weight excluding hydrogens is 296 g/mol. The minimum absolute atomic E-state index is 0.327. The summed E-state index contributed by atoms with van der Waals surface area (Å²) in [4.78, 5) is 26.9. The molecule has 1 aromatic rings. The first-order chi connectivity index (χ1) is 11.0. The number of hydrogen-bond acceptors (Lipinski definition) is 5. The molecule has 2 bridgehead atoms. The van der Waals surface area contributed by atoms with Crippen molar-refractivity contribution in [1.29, 1.82) is 5.26 Å². The van der Waals surface area contributed by atoms with Gasteiger partial charge in [-0.15, -0.1) is 0 Å². The van der Waals surface area contributed by atoms with Crippen molar-refractivity contribution in [1.82, 2.24) is 0 Å². The molecule has 4 rings (SSSR count). The molecule has 0 unspecified atom stereocenters. The summed E-state index contributed by atoms with van der Waals surface area (Å²) in [6, 6.07) is 8.30. The molecule has 2 saturated heterocycles. The highest BCUT2D eigenvalue weighted by Gasteiger charge is 2.72. The molecule has 6 heteroatoms. The van der Waals surface area contributed by atoms with Crippen molar-refractivity contribution in [3.63, 3.8) is 0 Å². The number of benzene rings is 1. The third-order valence-electron chi connectivity index (χ3n) is 5.06. The number of fused-ring (bicyclic) bond motifs is 5. The fourth-order valence-electron chi connectivity index (χ4n) is 3.98. The number of amides is 2. The molecule has 0 aromatic heterocycles. The lowest BCUT2D eigenvalue weighted by Crippen LogP contribution is -2.43. The van der Waals surface area contributed by atoms with Gasteiger partial charge in [0, 0.05) is 0 Å². The summed E-state index contributed by atoms with van der Waals surface area (Å²) in [5.74, 6) is -2.05. The first kappa shape index (κ1) is 14.1. The van der Waals surface area contributed by atoms with Crippen LogP contribution in [0.4, 0.5) is 5.69 Å². The van der Waals surface area contributed by atoms with E-state index in [1.54, 1.807) is 43.3 Å². The Balaban J connectivity index is 1.78. The molecule has 0 saturated carbocycles. The van der Waals surface area contributed by atoms with E-state index in [-0.39, 0.29) is 18.4 Å². The molecule has 4 atom stereocenters. The Bertz CT molecular complexity index is 794. The molecule has 2 amide bonds. The molecule has 0 aliphatic carbocycles. The normalized spacial score (nSPS) is 37.3. The van der Waals surface area contributed by atoms with Gasteiger partial charge in [0.1, 0.15) is 5.60 Å². The van der Waals surface area contributed by atoms with E-state index in [0.29, 0.717) is 11.3 Å². The lowest BCUT2D eigenvalue weighted by molar-refractivity contribution is -0.131. The van der Waals surface area contributed by atoms with Gasteiger partial charge in [-0.25, -0.2) is 4.90 Å². The quantitative estimate of drug-likeness (QED) is 0.643. The lowest BCUT2D eigenvalue weighted by Gasteiger charge is -2.26. The van der Waals surface area contributed by atoms with E-state index in [9.17, 15) is 14.7 Å². The number of aliphatic hydroxyl groups is 1. The number of aliphatic hydroxyl groups excluding tert-OH is 1. The van der Waals surface area contributed by atoms with Crippen molar-refractivity contribution >= 4 is 17.5 Å². The summed E-state index contributed by atoms with van der Waals surface area (Å²) in [5.41, 5.74) is -1.10. The second-order valence-corrected chi connectivity index (χ2v) is 6.36. The van der Waals surface area contributed by atoms with Gasteiger partial charge in [0.15, 0.2) is 0 Å². The highest BCUT2D eigenvalue weighted by molar-refractivity contribution is 6.23. The minimum atomic E-state index is -1.12. The van der Waals surface area contributed by atoms with Crippen LogP contribution in [-0.4, -0.2) is 34.7 Å². The summed E-state index contributed by atoms with van der Waals surface area (Å²) >= 11 is 0. The highest BCUT2D eigenvalue weighted by Crippen LogP contribution is 2.57. The van der Waals surface area contributed by atoms with E-state index >= 15 is 0 Å². The molecule has 1 N–H and O–H groups in total. The van der Waals surface area contributed by atoms with Gasteiger partial charge in [-0.3, -0.25) is 9.59 Å². The third-order valence-corrected chi connectivity index (χ3v) is 5.06. The highest BCUT2D eigenvalue weighted by atomic mass is 16.5. The largest absolute Gasteiger partial charge is 0.393 e. The standard InChI is InChI=1S/C17H14N2O4/c1-16-6-7-17(9-20,23-16)13-12(16)14(21)19(15(13)22)11-4-2-10(8-18)3-5-11/h2-7,12-13,20H,9H2,1H3/t12-,13-,16+,17+/m1/s1. The van der Waals surface area contributed by atoms with Gasteiger partial charge in [-0.1, -0.05) is 12.2 Å². The molecule has 2 fully saturated rings. The summed E-state index contributed by atoms with van der Waals surface area (Å²) in [7, 11) is 0. The first-order valence-corrected chi connectivity index (χ1v) is 7.35. The Kier molecular flexibility index (Phi) is 2.63. The van der Waals surface area contributed by atoms with E-state index in [1.165, 1.54) is 0 Å². The summed E-state index contributed by atoms with van der Waals surface area (Å²) in [6.45, 7) is 1.42. The molecular formula is C17H14N2O4. The number of ether oxygens (including phenoxy) is 1. The Morgan fingerprint density at radius 1 is 1.22 bits per heavy atom. The molecule has 3 aliphatic heterocycles. The van der Waals surface area contributed by atoms with E-state index in [0.717, 1.165) is 4.90 Å². The minimum Gasteiger partial charge on any atom is -0.393 e. The Labute approximate surface area is 132 Å². The number of imide groups is 1. The predicted octanol–water partition coefficient (Wildman–Crippen LogP) is 0.754. The zero-order chi connectivity index (χ0) is 16.4. The lowest BCUT2D eigenvalue weighted by atomic mass is 9.73. The maximum atomic E-state index is 12.9. The topological polar surface area (TPSA) is 90.6 Å². The number of carbonyl (C=O) groups excluding carboxylic acids is 2. The average Bonchev–Trinajstić information content (AvgIpc) is 3.14. The van der Waals surface area contributed by atoms with E-state index in [4.69, 9.17) is 10.00 Å². The van der Waals surface area contributed by atoms with Crippen LogP contribution >= 0.6 is 0 Å². The number of rotatable bonds is 2. The first-order valence-electron chi connectivity index (χ1n) is 7.35. The van der Waals surface area contributed by atoms with Gasteiger partial charge in [0.05, 0.1) is 41.4 Å². The van der Waals surface area contributed by atoms with Gasteiger partial charge < -0.3 is 9.84 Å². The molecule has 6 nitrogen and oxygen atoms in total. The molecule has 116 valence electrons. The van der Waals surface area contributed by atoms with Crippen LogP contribution in [0.15, 0.2) is 36.4 Å². The maximum absolute atomic E-state index is 12.9. The van der Waals surface area contributed by atoms with E-state index in [1.807, 2.05) is 6.07 Å².